The van der Waals surface area contributed by atoms with Crippen LogP contribution >= 0.6 is 0 Å². The number of fused-ring (bicyclic) bond motifs is 1. The van der Waals surface area contributed by atoms with Crippen molar-refractivity contribution in [3.63, 3.8) is 0 Å². The van der Waals surface area contributed by atoms with Crippen molar-refractivity contribution >= 4 is 5.91 Å². The van der Waals surface area contributed by atoms with Crippen LogP contribution in [0.15, 0.2) is 47.3 Å². The molecule has 2 unspecified atom stereocenters. The Labute approximate surface area is 277 Å². The Morgan fingerprint density at radius 3 is 2.38 bits per heavy atom. The monoisotopic (exact) mass is 657 g/mol. The maximum absolute atomic E-state index is 16.2. The first kappa shape index (κ1) is 36.5. The topological polar surface area (TPSA) is 58.4 Å². The van der Waals surface area contributed by atoms with Gasteiger partial charge in [-0.05, 0) is 80.9 Å². The normalized spacial score (nSPS) is 18.9. The summed E-state index contributed by atoms with van der Waals surface area (Å²) >= 11 is 0. The highest BCUT2D eigenvalue weighted by Gasteiger charge is 2.39. The molecular formula is C38H51F4N3O2. The molecule has 0 radical (unpaired) electrons. The van der Waals surface area contributed by atoms with Gasteiger partial charge in [-0.2, -0.15) is 18.3 Å². The standard InChI is InChI=1S/C38H51F4N3O2/c1-8-13-28(38(40,41)42)33(46)22-25(10-3)37(47)44-21-20-32-35(30(44)11-4)29(18-16-24(7)9-2)43-45(32)31-19-17-27(26-14-12-15-26)36(39)34(31)23(5)6/h10,13,17,19,22-24,26,30,46H,8-9,11-12,14-16,18,20-21H2,1-7H3/b25-10+,28-13-,33-22+. The van der Waals surface area contributed by atoms with Gasteiger partial charge in [0, 0.05) is 29.7 Å². The van der Waals surface area contributed by atoms with Crippen LogP contribution in [-0.2, 0) is 17.6 Å². The van der Waals surface area contributed by atoms with Crippen LogP contribution in [-0.4, -0.2) is 38.4 Å². The van der Waals surface area contributed by atoms with Crippen LogP contribution < -0.4 is 0 Å². The predicted molar refractivity (Wildman–Crippen MR) is 179 cm³/mol. The number of alkyl halides is 3. The third-order valence-electron chi connectivity index (χ3n) is 9.99. The number of aryl methyl sites for hydroxylation is 1. The third-order valence-corrected chi connectivity index (χ3v) is 9.99. The van der Waals surface area contributed by atoms with Gasteiger partial charge in [0.05, 0.1) is 28.7 Å². The molecule has 1 saturated carbocycles. The molecule has 2 aliphatic rings. The van der Waals surface area contributed by atoms with E-state index in [-0.39, 0.29) is 35.7 Å². The molecule has 47 heavy (non-hydrogen) atoms. The molecule has 0 spiro atoms. The highest BCUT2D eigenvalue weighted by Crippen LogP contribution is 2.43. The molecule has 0 bridgehead atoms. The zero-order valence-electron chi connectivity index (χ0n) is 29.0. The van der Waals surface area contributed by atoms with Crippen LogP contribution in [0.2, 0.25) is 0 Å². The lowest BCUT2D eigenvalue weighted by Gasteiger charge is -2.36. The van der Waals surface area contributed by atoms with Crippen molar-refractivity contribution in [2.45, 2.75) is 130 Å². The van der Waals surface area contributed by atoms with Gasteiger partial charge in [0.15, 0.2) is 0 Å². The number of aromatic nitrogens is 2. The molecule has 0 saturated heterocycles. The van der Waals surface area contributed by atoms with Crippen LogP contribution in [0, 0.1) is 11.7 Å². The number of aliphatic hydroxyl groups is 1. The van der Waals surface area contributed by atoms with Crippen molar-refractivity contribution in [1.29, 1.82) is 0 Å². The first-order valence-electron chi connectivity index (χ1n) is 17.4. The first-order chi connectivity index (χ1) is 22.3. The van der Waals surface area contributed by atoms with Gasteiger partial charge in [0.2, 0.25) is 0 Å². The van der Waals surface area contributed by atoms with E-state index >= 15 is 4.39 Å². The summed E-state index contributed by atoms with van der Waals surface area (Å²) in [4.78, 5) is 15.7. The summed E-state index contributed by atoms with van der Waals surface area (Å²) in [5.41, 5.74) is 3.74. The zero-order valence-corrected chi connectivity index (χ0v) is 29.0. The average molecular weight is 658 g/mol. The molecule has 1 amide bonds. The number of carbonyl (C=O) groups is 1. The molecule has 1 aliphatic carbocycles. The minimum atomic E-state index is -4.76. The van der Waals surface area contributed by atoms with E-state index in [9.17, 15) is 23.1 Å². The van der Waals surface area contributed by atoms with Gasteiger partial charge < -0.3 is 10.0 Å². The Morgan fingerprint density at radius 1 is 1.15 bits per heavy atom. The SMILES string of the molecule is C\C=C(/C=C(O)\C(=C\CC)C(F)(F)F)C(=O)N1CCc2c(c(CCC(C)CC)nn2-c2ccc(C3CCC3)c(F)c2C(C)C)C1CC. The Hall–Kier alpha value is -3.36. The lowest BCUT2D eigenvalue weighted by Crippen LogP contribution is -2.41. The molecule has 2 atom stereocenters. The number of carbonyl (C=O) groups excluding carboxylic acids is 1. The van der Waals surface area contributed by atoms with E-state index in [1.54, 1.807) is 18.7 Å². The molecule has 1 aromatic carbocycles. The highest BCUT2D eigenvalue weighted by atomic mass is 19.4. The fourth-order valence-corrected chi connectivity index (χ4v) is 6.91. The number of amides is 1. The lowest BCUT2D eigenvalue weighted by atomic mass is 9.78. The van der Waals surface area contributed by atoms with E-state index in [1.807, 2.05) is 37.6 Å². The van der Waals surface area contributed by atoms with Gasteiger partial charge in [-0.1, -0.05) is 72.6 Å². The largest absolute Gasteiger partial charge is 0.507 e. The summed E-state index contributed by atoms with van der Waals surface area (Å²) in [6.07, 6.45) is 5.33. The second kappa shape index (κ2) is 15.2. The summed E-state index contributed by atoms with van der Waals surface area (Å²) < 4.78 is 59.1. The predicted octanol–water partition coefficient (Wildman–Crippen LogP) is 10.5. The third kappa shape index (κ3) is 7.54. The molecule has 2 heterocycles. The molecule has 9 heteroatoms. The highest BCUT2D eigenvalue weighted by molar-refractivity contribution is 5.96. The second-order valence-electron chi connectivity index (χ2n) is 13.4. The molecular weight excluding hydrogens is 606 g/mol. The maximum atomic E-state index is 16.2. The number of allylic oxidation sites excluding steroid dienone is 3. The smallest absolute Gasteiger partial charge is 0.419 e. The van der Waals surface area contributed by atoms with Gasteiger partial charge in [-0.25, -0.2) is 9.07 Å². The van der Waals surface area contributed by atoms with Crippen molar-refractivity contribution in [1.82, 2.24) is 14.7 Å². The molecule has 1 aliphatic heterocycles. The minimum Gasteiger partial charge on any atom is -0.507 e. The van der Waals surface area contributed by atoms with Crippen LogP contribution in [0.4, 0.5) is 17.6 Å². The number of rotatable bonds is 12. The Balaban J connectivity index is 1.81. The van der Waals surface area contributed by atoms with Crippen molar-refractivity contribution in [2.24, 2.45) is 5.92 Å². The Kier molecular flexibility index (Phi) is 11.8. The number of aliphatic hydroxyl groups excluding tert-OH is 1. The van der Waals surface area contributed by atoms with Crippen LogP contribution in [0.5, 0.6) is 0 Å². The quantitative estimate of drug-likeness (QED) is 0.107. The van der Waals surface area contributed by atoms with E-state index in [0.717, 1.165) is 72.5 Å². The van der Waals surface area contributed by atoms with E-state index in [1.165, 1.54) is 6.08 Å². The van der Waals surface area contributed by atoms with Crippen molar-refractivity contribution in [2.75, 3.05) is 6.54 Å². The van der Waals surface area contributed by atoms with E-state index in [0.29, 0.717) is 37.3 Å². The summed E-state index contributed by atoms with van der Waals surface area (Å²) in [6, 6.07) is 3.54. The maximum Gasteiger partial charge on any atom is 0.419 e. The van der Waals surface area contributed by atoms with Crippen LogP contribution in [0.3, 0.4) is 0 Å². The fourth-order valence-electron chi connectivity index (χ4n) is 6.91. The first-order valence-corrected chi connectivity index (χ1v) is 17.4. The summed E-state index contributed by atoms with van der Waals surface area (Å²) in [6.45, 7) is 13.8. The molecule has 1 fully saturated rings. The molecule has 5 nitrogen and oxygen atoms in total. The van der Waals surface area contributed by atoms with E-state index < -0.39 is 23.4 Å². The molecule has 1 N–H and O–H groups in total. The lowest BCUT2D eigenvalue weighted by molar-refractivity contribution is -0.129. The Morgan fingerprint density at radius 2 is 1.85 bits per heavy atom. The van der Waals surface area contributed by atoms with Crippen LogP contribution in [0.25, 0.3) is 5.69 Å². The fraction of sp³-hybridized carbons (Fsp3) is 0.579. The van der Waals surface area contributed by atoms with Gasteiger partial charge in [0.25, 0.3) is 5.91 Å². The number of hydrogen-bond acceptors (Lipinski definition) is 3. The Bertz CT molecular complexity index is 1530. The number of hydrogen-bond donors (Lipinski definition) is 1. The molecule has 258 valence electrons. The summed E-state index contributed by atoms with van der Waals surface area (Å²) in [5, 5.41) is 15.7. The van der Waals surface area contributed by atoms with E-state index in [4.69, 9.17) is 5.10 Å². The van der Waals surface area contributed by atoms with Crippen molar-refractivity contribution in [3.05, 3.63) is 81.2 Å². The summed E-state index contributed by atoms with van der Waals surface area (Å²) in [5.74, 6) is -0.938. The minimum absolute atomic E-state index is 0.0139. The van der Waals surface area contributed by atoms with Gasteiger partial charge in [-0.3, -0.25) is 4.79 Å². The van der Waals surface area contributed by atoms with Crippen molar-refractivity contribution in [3.8, 4) is 5.69 Å². The van der Waals surface area contributed by atoms with Crippen molar-refractivity contribution < 1.29 is 27.5 Å². The van der Waals surface area contributed by atoms with E-state index in [2.05, 4.69) is 13.8 Å². The second-order valence-corrected chi connectivity index (χ2v) is 13.4. The average Bonchev–Trinajstić information content (AvgIpc) is 3.37. The van der Waals surface area contributed by atoms with Gasteiger partial charge in [0.1, 0.15) is 11.6 Å². The molecule has 2 aromatic rings. The zero-order chi connectivity index (χ0) is 34.6. The number of benzene rings is 1. The van der Waals surface area contributed by atoms with Gasteiger partial charge >= 0.3 is 6.18 Å². The summed E-state index contributed by atoms with van der Waals surface area (Å²) in [7, 11) is 0. The molecule has 1 aromatic heterocycles. The molecule has 4 rings (SSSR count). The number of nitrogens with zero attached hydrogens (tertiary/aromatic N) is 3. The number of halogens is 4. The van der Waals surface area contributed by atoms with Crippen LogP contribution in [0.1, 0.15) is 139 Å². The van der Waals surface area contributed by atoms with Gasteiger partial charge in [-0.15, -0.1) is 0 Å².